The molecular weight excluding hydrogens is 453 g/mol. The number of benzene rings is 1. The van der Waals surface area contributed by atoms with Crippen molar-refractivity contribution in [3.8, 4) is 0 Å². The molecule has 1 unspecified atom stereocenters. The minimum atomic E-state index is -0.645. The van der Waals surface area contributed by atoms with Crippen molar-refractivity contribution in [2.75, 3.05) is 16.8 Å². The number of hydrogen-bond acceptors (Lipinski definition) is 7. The molecule has 1 aromatic carbocycles. The lowest BCUT2D eigenvalue weighted by molar-refractivity contribution is 0.0714. The van der Waals surface area contributed by atoms with Gasteiger partial charge in [0.05, 0.1) is 29.8 Å². The van der Waals surface area contributed by atoms with Gasteiger partial charge < -0.3 is 20.5 Å². The molecule has 2 aliphatic rings. The zero-order valence-corrected chi connectivity index (χ0v) is 20.2. The van der Waals surface area contributed by atoms with E-state index in [2.05, 4.69) is 20.6 Å². The number of aliphatic hydroxyl groups is 1. The van der Waals surface area contributed by atoms with Crippen molar-refractivity contribution in [2.45, 2.75) is 70.7 Å². The molecule has 188 valence electrons. The Morgan fingerprint density at radius 2 is 2.00 bits per heavy atom. The topological polar surface area (TPSA) is 117 Å². The minimum Gasteiger partial charge on any atom is -0.447 e. The predicted octanol–water partition coefficient (Wildman–Crippen LogP) is 3.80. The summed E-state index contributed by atoms with van der Waals surface area (Å²) in [5, 5.41) is 16.0. The van der Waals surface area contributed by atoms with Crippen molar-refractivity contribution in [1.82, 2.24) is 15.3 Å². The molecule has 1 aliphatic carbocycles. The SMILES string of the molecule is CC(C)C1COC(=O)N1c1ccnc(N[C@@H](C)c2ccc(C(=O)N[C@@H]3CCCC[C@H]3O)c(F)c2)n1. The van der Waals surface area contributed by atoms with Crippen molar-refractivity contribution in [1.29, 1.82) is 0 Å². The van der Waals surface area contributed by atoms with Crippen LogP contribution in [0.3, 0.4) is 0 Å². The number of ether oxygens (including phenoxy) is 1. The van der Waals surface area contributed by atoms with Gasteiger partial charge in [-0.15, -0.1) is 0 Å². The van der Waals surface area contributed by atoms with Crippen LogP contribution in [0.4, 0.5) is 21.0 Å². The van der Waals surface area contributed by atoms with Crippen molar-refractivity contribution >= 4 is 23.8 Å². The third kappa shape index (κ3) is 5.53. The van der Waals surface area contributed by atoms with Crippen LogP contribution in [0, 0.1) is 11.7 Å². The number of aromatic nitrogens is 2. The summed E-state index contributed by atoms with van der Waals surface area (Å²) in [7, 11) is 0. The van der Waals surface area contributed by atoms with Gasteiger partial charge in [0, 0.05) is 6.20 Å². The molecule has 1 aromatic heterocycles. The number of halogens is 1. The van der Waals surface area contributed by atoms with E-state index in [-0.39, 0.29) is 35.6 Å². The third-order valence-corrected chi connectivity index (χ3v) is 6.69. The lowest BCUT2D eigenvalue weighted by Gasteiger charge is -2.28. The molecule has 1 saturated heterocycles. The number of hydrogen-bond donors (Lipinski definition) is 3. The molecule has 3 N–H and O–H groups in total. The van der Waals surface area contributed by atoms with Gasteiger partial charge in [-0.3, -0.25) is 9.69 Å². The largest absolute Gasteiger partial charge is 0.447 e. The Morgan fingerprint density at radius 3 is 2.71 bits per heavy atom. The lowest BCUT2D eigenvalue weighted by atomic mass is 9.92. The quantitative estimate of drug-likeness (QED) is 0.546. The fraction of sp³-hybridized carbons (Fsp3) is 0.520. The molecule has 2 fully saturated rings. The molecule has 2 aromatic rings. The van der Waals surface area contributed by atoms with Gasteiger partial charge >= 0.3 is 6.09 Å². The van der Waals surface area contributed by atoms with E-state index in [0.29, 0.717) is 30.8 Å². The zero-order valence-electron chi connectivity index (χ0n) is 20.2. The summed E-state index contributed by atoms with van der Waals surface area (Å²) in [6, 6.07) is 5.22. The first-order valence-electron chi connectivity index (χ1n) is 12.1. The Kier molecular flexibility index (Phi) is 7.49. The average Bonchev–Trinajstić information content (AvgIpc) is 3.22. The van der Waals surface area contributed by atoms with Gasteiger partial charge in [0.25, 0.3) is 5.91 Å². The zero-order chi connectivity index (χ0) is 25.1. The molecule has 35 heavy (non-hydrogen) atoms. The molecule has 4 atom stereocenters. The molecule has 2 amide bonds. The summed E-state index contributed by atoms with van der Waals surface area (Å²) in [5.74, 6) is -0.279. The second-order valence-electron chi connectivity index (χ2n) is 9.53. The van der Waals surface area contributed by atoms with E-state index in [9.17, 15) is 19.1 Å². The van der Waals surface area contributed by atoms with E-state index in [1.54, 1.807) is 18.3 Å². The van der Waals surface area contributed by atoms with Crippen LogP contribution in [0.25, 0.3) is 0 Å². The van der Waals surface area contributed by atoms with Crippen LogP contribution < -0.4 is 15.5 Å². The number of anilines is 2. The number of amides is 2. The van der Waals surface area contributed by atoms with E-state index < -0.39 is 23.9 Å². The Hall–Kier alpha value is -3.27. The molecule has 10 heteroatoms. The first kappa shape index (κ1) is 24.8. The molecule has 2 heterocycles. The first-order chi connectivity index (χ1) is 16.7. The fourth-order valence-corrected chi connectivity index (χ4v) is 4.53. The van der Waals surface area contributed by atoms with Gasteiger partial charge in [0.2, 0.25) is 5.95 Å². The summed E-state index contributed by atoms with van der Waals surface area (Å²) in [5.41, 5.74) is 0.538. The minimum absolute atomic E-state index is 0.0655. The van der Waals surface area contributed by atoms with E-state index in [0.717, 1.165) is 12.8 Å². The molecular formula is C25H32FN5O4. The normalized spacial score (nSPS) is 23.2. The predicted molar refractivity (Wildman–Crippen MR) is 129 cm³/mol. The van der Waals surface area contributed by atoms with Crippen LogP contribution in [0.1, 0.15) is 68.4 Å². The highest BCUT2D eigenvalue weighted by atomic mass is 19.1. The lowest BCUT2D eigenvalue weighted by Crippen LogP contribution is -2.45. The number of aliphatic hydroxyl groups excluding tert-OH is 1. The maximum absolute atomic E-state index is 14.8. The molecule has 0 bridgehead atoms. The van der Waals surface area contributed by atoms with Crippen LogP contribution in [-0.4, -0.2) is 51.9 Å². The monoisotopic (exact) mass is 485 g/mol. The Labute approximate surface area is 204 Å². The van der Waals surface area contributed by atoms with Crippen LogP contribution in [0.5, 0.6) is 0 Å². The number of carbonyl (C=O) groups is 2. The smallest absolute Gasteiger partial charge is 0.415 e. The number of nitrogens with zero attached hydrogens (tertiary/aromatic N) is 3. The highest BCUT2D eigenvalue weighted by Gasteiger charge is 2.37. The molecule has 1 saturated carbocycles. The molecule has 1 aliphatic heterocycles. The van der Waals surface area contributed by atoms with Crippen LogP contribution >= 0.6 is 0 Å². The van der Waals surface area contributed by atoms with Gasteiger partial charge in [-0.25, -0.2) is 14.2 Å². The molecule has 0 radical (unpaired) electrons. The van der Waals surface area contributed by atoms with Gasteiger partial charge in [0.15, 0.2) is 0 Å². The standard InChI is InChI=1S/C25H32FN5O4/c1-14(2)20-13-35-25(34)31(20)22-10-11-27-24(30-22)28-15(3)16-8-9-17(18(26)12-16)23(33)29-19-6-4-5-7-21(19)32/h8-12,14-15,19-21,32H,4-7,13H2,1-3H3,(H,29,33)(H,27,28,30)/t15-,19+,20?,21+/m0/s1. The number of carbonyl (C=O) groups excluding carboxylic acids is 2. The van der Waals surface area contributed by atoms with Gasteiger partial charge in [-0.1, -0.05) is 32.8 Å². The summed E-state index contributed by atoms with van der Waals surface area (Å²) >= 11 is 0. The summed E-state index contributed by atoms with van der Waals surface area (Å²) in [6.07, 6.45) is 3.66. The van der Waals surface area contributed by atoms with Gasteiger partial charge in [0.1, 0.15) is 18.2 Å². The second-order valence-corrected chi connectivity index (χ2v) is 9.53. The maximum Gasteiger partial charge on any atom is 0.415 e. The molecule has 0 spiro atoms. The van der Waals surface area contributed by atoms with Crippen molar-refractivity contribution < 1.29 is 23.8 Å². The van der Waals surface area contributed by atoms with E-state index in [1.807, 2.05) is 20.8 Å². The van der Waals surface area contributed by atoms with E-state index in [4.69, 9.17) is 4.74 Å². The second kappa shape index (κ2) is 10.6. The summed E-state index contributed by atoms with van der Waals surface area (Å²) in [6.45, 7) is 6.15. The highest BCUT2D eigenvalue weighted by Crippen LogP contribution is 2.27. The number of nitrogens with one attached hydrogen (secondary N) is 2. The Balaban J connectivity index is 1.44. The third-order valence-electron chi connectivity index (χ3n) is 6.69. The number of rotatable bonds is 7. The van der Waals surface area contributed by atoms with Gasteiger partial charge in [-0.05, 0) is 49.4 Å². The van der Waals surface area contributed by atoms with Crippen LogP contribution in [0.15, 0.2) is 30.5 Å². The highest BCUT2D eigenvalue weighted by molar-refractivity contribution is 5.94. The van der Waals surface area contributed by atoms with E-state index >= 15 is 0 Å². The van der Waals surface area contributed by atoms with E-state index in [1.165, 1.54) is 17.0 Å². The van der Waals surface area contributed by atoms with Crippen LogP contribution in [0.2, 0.25) is 0 Å². The van der Waals surface area contributed by atoms with Gasteiger partial charge in [-0.2, -0.15) is 4.98 Å². The van der Waals surface area contributed by atoms with Crippen molar-refractivity contribution in [2.24, 2.45) is 5.92 Å². The average molecular weight is 486 g/mol. The summed E-state index contributed by atoms with van der Waals surface area (Å²) < 4.78 is 20.0. The first-order valence-corrected chi connectivity index (χ1v) is 12.1. The molecule has 4 rings (SSSR count). The Bertz CT molecular complexity index is 1080. The number of cyclic esters (lactones) is 1. The fourth-order valence-electron chi connectivity index (χ4n) is 4.53. The van der Waals surface area contributed by atoms with Crippen LogP contribution in [-0.2, 0) is 4.74 Å². The van der Waals surface area contributed by atoms with Crippen molar-refractivity contribution in [3.05, 3.63) is 47.4 Å². The van der Waals surface area contributed by atoms with Crippen molar-refractivity contribution in [3.63, 3.8) is 0 Å². The maximum atomic E-state index is 14.8. The molecule has 9 nitrogen and oxygen atoms in total. The Morgan fingerprint density at radius 1 is 1.23 bits per heavy atom. The summed E-state index contributed by atoms with van der Waals surface area (Å²) in [4.78, 5) is 35.0.